The number of halogens is 2. The highest BCUT2D eigenvalue weighted by molar-refractivity contribution is 6.30. The van der Waals surface area contributed by atoms with Crippen LogP contribution in [0.25, 0.3) is 0 Å². The SMILES string of the molecule is CC1(Oc2ccc(Cl)cc2)CCNCC1.Cl. The Morgan fingerprint density at radius 2 is 1.75 bits per heavy atom. The van der Waals surface area contributed by atoms with Gasteiger partial charge in [-0.05, 0) is 57.1 Å². The third kappa shape index (κ3) is 3.55. The fourth-order valence-electron chi connectivity index (χ4n) is 1.84. The third-order valence-electron chi connectivity index (χ3n) is 2.84. The first kappa shape index (κ1) is 13.6. The monoisotopic (exact) mass is 261 g/mol. The Kier molecular flexibility index (Phi) is 4.90. The third-order valence-corrected chi connectivity index (χ3v) is 3.09. The van der Waals surface area contributed by atoms with E-state index in [1.807, 2.05) is 24.3 Å². The van der Waals surface area contributed by atoms with Crippen LogP contribution in [-0.2, 0) is 0 Å². The minimum atomic E-state index is -0.0287. The molecule has 1 aromatic rings. The summed E-state index contributed by atoms with van der Waals surface area (Å²) in [6.07, 6.45) is 2.10. The number of nitrogens with one attached hydrogen (secondary N) is 1. The van der Waals surface area contributed by atoms with E-state index in [4.69, 9.17) is 16.3 Å². The first-order valence-corrected chi connectivity index (χ1v) is 5.71. The van der Waals surface area contributed by atoms with E-state index in [9.17, 15) is 0 Å². The maximum Gasteiger partial charge on any atom is 0.120 e. The van der Waals surface area contributed by atoms with Crippen LogP contribution in [0.15, 0.2) is 24.3 Å². The van der Waals surface area contributed by atoms with Gasteiger partial charge in [-0.25, -0.2) is 0 Å². The van der Waals surface area contributed by atoms with Crippen LogP contribution in [0.4, 0.5) is 0 Å². The van der Waals surface area contributed by atoms with Gasteiger partial charge < -0.3 is 10.1 Å². The Balaban J connectivity index is 0.00000128. The second-order valence-corrected chi connectivity index (χ2v) is 4.69. The molecule has 16 heavy (non-hydrogen) atoms. The topological polar surface area (TPSA) is 21.3 Å². The minimum Gasteiger partial charge on any atom is -0.487 e. The quantitative estimate of drug-likeness (QED) is 0.883. The van der Waals surface area contributed by atoms with Gasteiger partial charge in [-0.2, -0.15) is 0 Å². The van der Waals surface area contributed by atoms with Crippen molar-refractivity contribution in [3.8, 4) is 5.75 Å². The van der Waals surface area contributed by atoms with E-state index in [1.54, 1.807) is 0 Å². The molecule has 2 rings (SSSR count). The van der Waals surface area contributed by atoms with Gasteiger partial charge in [-0.1, -0.05) is 11.6 Å². The summed E-state index contributed by atoms with van der Waals surface area (Å²) < 4.78 is 6.00. The summed E-state index contributed by atoms with van der Waals surface area (Å²) in [5.74, 6) is 0.906. The van der Waals surface area contributed by atoms with Crippen LogP contribution in [0.5, 0.6) is 5.75 Å². The normalized spacial score (nSPS) is 18.6. The van der Waals surface area contributed by atoms with Gasteiger partial charge in [0.2, 0.25) is 0 Å². The Morgan fingerprint density at radius 1 is 1.19 bits per heavy atom. The van der Waals surface area contributed by atoms with E-state index in [2.05, 4.69) is 12.2 Å². The van der Waals surface area contributed by atoms with Gasteiger partial charge in [0.1, 0.15) is 11.4 Å². The standard InChI is InChI=1S/C12H16ClNO.ClH/c1-12(6-8-14-9-7-12)15-11-4-2-10(13)3-5-11;/h2-5,14H,6-9H2,1H3;1H. The first-order valence-electron chi connectivity index (χ1n) is 5.33. The van der Waals surface area contributed by atoms with Crippen molar-refractivity contribution in [1.82, 2.24) is 5.32 Å². The molecule has 0 saturated carbocycles. The predicted octanol–water partition coefficient (Wildman–Crippen LogP) is 3.28. The second-order valence-electron chi connectivity index (χ2n) is 4.26. The van der Waals surface area contributed by atoms with Gasteiger partial charge in [0.15, 0.2) is 0 Å². The van der Waals surface area contributed by atoms with Gasteiger partial charge in [0.05, 0.1) is 0 Å². The lowest BCUT2D eigenvalue weighted by Crippen LogP contribution is -2.43. The van der Waals surface area contributed by atoms with Crippen molar-refractivity contribution in [2.24, 2.45) is 0 Å². The van der Waals surface area contributed by atoms with Crippen LogP contribution >= 0.6 is 24.0 Å². The fraction of sp³-hybridized carbons (Fsp3) is 0.500. The molecule has 1 aliphatic rings. The molecular formula is C12H17Cl2NO. The lowest BCUT2D eigenvalue weighted by molar-refractivity contribution is 0.0556. The van der Waals surface area contributed by atoms with Gasteiger partial charge in [0, 0.05) is 5.02 Å². The Labute approximate surface area is 108 Å². The molecule has 1 fully saturated rings. The average molecular weight is 262 g/mol. The van der Waals surface area contributed by atoms with Gasteiger partial charge in [-0.15, -0.1) is 12.4 Å². The van der Waals surface area contributed by atoms with E-state index >= 15 is 0 Å². The van der Waals surface area contributed by atoms with Crippen molar-refractivity contribution in [1.29, 1.82) is 0 Å². The highest BCUT2D eigenvalue weighted by Gasteiger charge is 2.28. The Bertz CT molecular complexity index is 320. The predicted molar refractivity (Wildman–Crippen MR) is 69.8 cm³/mol. The summed E-state index contributed by atoms with van der Waals surface area (Å²) in [5, 5.41) is 4.08. The largest absolute Gasteiger partial charge is 0.487 e. The highest BCUT2D eigenvalue weighted by atomic mass is 35.5. The number of hydrogen-bond donors (Lipinski definition) is 1. The zero-order chi connectivity index (χ0) is 10.7. The molecule has 0 aliphatic carbocycles. The minimum absolute atomic E-state index is 0. The molecule has 1 heterocycles. The molecule has 0 radical (unpaired) electrons. The summed E-state index contributed by atoms with van der Waals surface area (Å²) in [6.45, 7) is 4.23. The van der Waals surface area contributed by atoms with Crippen molar-refractivity contribution in [3.05, 3.63) is 29.3 Å². The molecule has 0 spiro atoms. The molecule has 1 N–H and O–H groups in total. The lowest BCUT2D eigenvalue weighted by Gasteiger charge is -2.34. The van der Waals surface area contributed by atoms with E-state index in [0.717, 1.165) is 36.7 Å². The van der Waals surface area contributed by atoms with Gasteiger partial charge in [0.25, 0.3) is 0 Å². The highest BCUT2D eigenvalue weighted by Crippen LogP contribution is 2.26. The average Bonchev–Trinajstić information content (AvgIpc) is 2.22. The zero-order valence-corrected chi connectivity index (χ0v) is 10.9. The molecule has 0 bridgehead atoms. The van der Waals surface area contributed by atoms with Crippen molar-refractivity contribution >= 4 is 24.0 Å². The molecule has 1 aromatic carbocycles. The molecule has 2 nitrogen and oxygen atoms in total. The van der Waals surface area contributed by atoms with Crippen LogP contribution in [0.1, 0.15) is 19.8 Å². The Morgan fingerprint density at radius 3 is 2.31 bits per heavy atom. The smallest absolute Gasteiger partial charge is 0.120 e. The molecular weight excluding hydrogens is 245 g/mol. The second kappa shape index (κ2) is 5.76. The summed E-state index contributed by atoms with van der Waals surface area (Å²) in [6, 6.07) is 7.58. The molecule has 90 valence electrons. The molecule has 4 heteroatoms. The van der Waals surface area contributed by atoms with E-state index in [-0.39, 0.29) is 18.0 Å². The number of benzene rings is 1. The van der Waals surface area contributed by atoms with Crippen molar-refractivity contribution in [2.75, 3.05) is 13.1 Å². The van der Waals surface area contributed by atoms with E-state index in [1.165, 1.54) is 0 Å². The summed E-state index contributed by atoms with van der Waals surface area (Å²) >= 11 is 5.82. The molecule has 0 aromatic heterocycles. The van der Waals surface area contributed by atoms with Crippen LogP contribution < -0.4 is 10.1 Å². The number of piperidine rings is 1. The number of hydrogen-bond acceptors (Lipinski definition) is 2. The molecule has 0 atom stereocenters. The van der Waals surface area contributed by atoms with Gasteiger partial charge >= 0.3 is 0 Å². The fourth-order valence-corrected chi connectivity index (χ4v) is 1.97. The van der Waals surface area contributed by atoms with Crippen molar-refractivity contribution in [2.45, 2.75) is 25.4 Å². The van der Waals surface area contributed by atoms with Crippen molar-refractivity contribution < 1.29 is 4.74 Å². The number of rotatable bonds is 2. The van der Waals surface area contributed by atoms with Crippen LogP contribution in [0.2, 0.25) is 5.02 Å². The maximum atomic E-state index is 6.00. The van der Waals surface area contributed by atoms with Crippen molar-refractivity contribution in [3.63, 3.8) is 0 Å². The number of ether oxygens (including phenoxy) is 1. The summed E-state index contributed by atoms with van der Waals surface area (Å²) in [5.41, 5.74) is -0.0287. The van der Waals surface area contributed by atoms with E-state index < -0.39 is 0 Å². The van der Waals surface area contributed by atoms with Crippen LogP contribution in [0.3, 0.4) is 0 Å². The molecule has 0 unspecified atom stereocenters. The summed E-state index contributed by atoms with van der Waals surface area (Å²) in [7, 11) is 0. The lowest BCUT2D eigenvalue weighted by atomic mass is 9.94. The first-order chi connectivity index (χ1) is 7.18. The van der Waals surface area contributed by atoms with E-state index in [0.29, 0.717) is 0 Å². The molecule has 1 saturated heterocycles. The Hall–Kier alpha value is -0.440. The van der Waals surface area contributed by atoms with Crippen LogP contribution in [-0.4, -0.2) is 18.7 Å². The summed E-state index contributed by atoms with van der Waals surface area (Å²) in [4.78, 5) is 0. The molecule has 1 aliphatic heterocycles. The molecule has 0 amide bonds. The zero-order valence-electron chi connectivity index (χ0n) is 9.33. The van der Waals surface area contributed by atoms with Crippen LogP contribution in [0, 0.1) is 0 Å². The maximum absolute atomic E-state index is 6.00. The van der Waals surface area contributed by atoms with Gasteiger partial charge in [-0.3, -0.25) is 0 Å².